The van der Waals surface area contributed by atoms with Crippen molar-refractivity contribution >= 4 is 0 Å². The minimum absolute atomic E-state index is 0.0245. The average Bonchev–Trinajstić information content (AvgIpc) is 2.38. The van der Waals surface area contributed by atoms with E-state index in [9.17, 15) is 10.2 Å². The van der Waals surface area contributed by atoms with Gasteiger partial charge in [-0.2, -0.15) is 0 Å². The Balaban J connectivity index is 2.20. The first-order chi connectivity index (χ1) is 5.52. The normalized spacial score (nSPS) is 51.0. The van der Waals surface area contributed by atoms with Crippen molar-refractivity contribution in [2.75, 3.05) is 0 Å². The lowest BCUT2D eigenvalue weighted by Crippen LogP contribution is -2.33. The smallest absolute Gasteiger partial charge is 0.0646 e. The molecule has 2 aliphatic carbocycles. The first-order valence-corrected chi connectivity index (χ1v) is 4.88. The highest BCUT2D eigenvalue weighted by atomic mass is 16.3. The number of hydrogen-bond acceptors (Lipinski definition) is 2. The van der Waals surface area contributed by atoms with Gasteiger partial charge in [-0.05, 0) is 30.6 Å². The molecule has 2 rings (SSSR count). The largest absolute Gasteiger partial charge is 0.393 e. The van der Waals surface area contributed by atoms with Crippen molar-refractivity contribution in [1.82, 2.24) is 0 Å². The first-order valence-electron chi connectivity index (χ1n) is 4.88. The Labute approximate surface area is 73.6 Å². The van der Waals surface area contributed by atoms with Crippen LogP contribution in [0, 0.1) is 17.3 Å². The molecule has 2 nitrogen and oxygen atoms in total. The molecule has 0 radical (unpaired) electrons. The zero-order valence-electron chi connectivity index (χ0n) is 7.83. The molecule has 0 aromatic heterocycles. The summed E-state index contributed by atoms with van der Waals surface area (Å²) in [5.41, 5.74) is 0.0245. The van der Waals surface area contributed by atoms with Crippen LogP contribution in [-0.4, -0.2) is 22.4 Å². The maximum Gasteiger partial charge on any atom is 0.0646 e. The van der Waals surface area contributed by atoms with Crippen molar-refractivity contribution in [3.63, 3.8) is 0 Å². The van der Waals surface area contributed by atoms with Crippen molar-refractivity contribution < 1.29 is 10.2 Å². The van der Waals surface area contributed by atoms with E-state index in [0.717, 1.165) is 19.3 Å². The third-order valence-electron chi connectivity index (χ3n) is 3.78. The SMILES string of the molecule is CC1(C)CC2CCC(O)C2C1O. The summed E-state index contributed by atoms with van der Waals surface area (Å²) in [5, 5.41) is 19.6. The summed E-state index contributed by atoms with van der Waals surface area (Å²) in [7, 11) is 0. The summed E-state index contributed by atoms with van der Waals surface area (Å²) < 4.78 is 0. The van der Waals surface area contributed by atoms with E-state index in [1.807, 2.05) is 0 Å². The lowest BCUT2D eigenvalue weighted by Gasteiger charge is -2.26. The molecule has 0 spiro atoms. The summed E-state index contributed by atoms with van der Waals surface area (Å²) in [6.45, 7) is 4.20. The third kappa shape index (κ3) is 1.01. The molecule has 0 amide bonds. The quantitative estimate of drug-likeness (QED) is 0.573. The molecule has 2 aliphatic rings. The molecule has 0 bridgehead atoms. The fourth-order valence-corrected chi connectivity index (χ4v) is 3.11. The van der Waals surface area contributed by atoms with Gasteiger partial charge in [-0.15, -0.1) is 0 Å². The van der Waals surface area contributed by atoms with Crippen LogP contribution in [0.2, 0.25) is 0 Å². The van der Waals surface area contributed by atoms with Crippen LogP contribution in [-0.2, 0) is 0 Å². The molecule has 0 heterocycles. The summed E-state index contributed by atoms with van der Waals surface area (Å²) in [5.74, 6) is 0.741. The number of aliphatic hydroxyl groups is 2. The van der Waals surface area contributed by atoms with Crippen LogP contribution in [0.15, 0.2) is 0 Å². The summed E-state index contributed by atoms with van der Waals surface area (Å²) >= 11 is 0. The van der Waals surface area contributed by atoms with Crippen LogP contribution in [0.4, 0.5) is 0 Å². The van der Waals surface area contributed by atoms with Crippen LogP contribution in [0.1, 0.15) is 33.1 Å². The highest BCUT2D eigenvalue weighted by Crippen LogP contribution is 2.52. The molecule has 0 aromatic rings. The second-order valence-electron chi connectivity index (χ2n) is 5.12. The first kappa shape index (κ1) is 8.52. The number of aliphatic hydroxyl groups excluding tert-OH is 2. The molecule has 2 fully saturated rings. The molecule has 4 unspecified atom stereocenters. The number of hydrogen-bond donors (Lipinski definition) is 2. The maximum atomic E-state index is 9.94. The predicted octanol–water partition coefficient (Wildman–Crippen LogP) is 1.16. The van der Waals surface area contributed by atoms with E-state index in [1.54, 1.807) is 0 Å². The van der Waals surface area contributed by atoms with Crippen LogP contribution in [0.5, 0.6) is 0 Å². The van der Waals surface area contributed by atoms with Gasteiger partial charge in [-0.25, -0.2) is 0 Å². The van der Waals surface area contributed by atoms with Crippen LogP contribution < -0.4 is 0 Å². The van der Waals surface area contributed by atoms with Gasteiger partial charge < -0.3 is 10.2 Å². The van der Waals surface area contributed by atoms with Gasteiger partial charge in [0.15, 0.2) is 0 Å². The topological polar surface area (TPSA) is 40.5 Å². The fourth-order valence-electron chi connectivity index (χ4n) is 3.11. The van der Waals surface area contributed by atoms with E-state index in [1.165, 1.54) is 0 Å². The zero-order chi connectivity index (χ0) is 8.93. The molecule has 0 saturated heterocycles. The molecular formula is C10H18O2. The van der Waals surface area contributed by atoms with Gasteiger partial charge in [0.1, 0.15) is 0 Å². The van der Waals surface area contributed by atoms with Gasteiger partial charge in [-0.3, -0.25) is 0 Å². The zero-order valence-corrected chi connectivity index (χ0v) is 7.83. The Kier molecular flexibility index (Phi) is 1.74. The van der Waals surface area contributed by atoms with E-state index in [2.05, 4.69) is 13.8 Å². The highest BCUT2D eigenvalue weighted by molar-refractivity contribution is 5.02. The lowest BCUT2D eigenvalue weighted by atomic mass is 9.85. The Hall–Kier alpha value is -0.0800. The van der Waals surface area contributed by atoms with Gasteiger partial charge in [-0.1, -0.05) is 13.8 Å². The van der Waals surface area contributed by atoms with Crippen LogP contribution >= 0.6 is 0 Å². The van der Waals surface area contributed by atoms with E-state index < -0.39 is 0 Å². The summed E-state index contributed by atoms with van der Waals surface area (Å²) in [6.07, 6.45) is 2.54. The average molecular weight is 170 g/mol. The summed E-state index contributed by atoms with van der Waals surface area (Å²) in [4.78, 5) is 0. The van der Waals surface area contributed by atoms with E-state index in [0.29, 0.717) is 5.92 Å². The van der Waals surface area contributed by atoms with Crippen molar-refractivity contribution in [3.05, 3.63) is 0 Å². The standard InChI is InChI=1S/C10H18O2/c1-10(2)5-6-3-4-7(11)8(6)9(10)12/h6-9,11-12H,3-5H2,1-2H3. The third-order valence-corrected chi connectivity index (χ3v) is 3.78. The molecular weight excluding hydrogens is 152 g/mol. The van der Waals surface area contributed by atoms with Crippen LogP contribution in [0.25, 0.3) is 0 Å². The molecule has 2 heteroatoms. The molecule has 0 aromatic carbocycles. The minimum Gasteiger partial charge on any atom is -0.393 e. The van der Waals surface area contributed by atoms with Gasteiger partial charge >= 0.3 is 0 Å². The van der Waals surface area contributed by atoms with Gasteiger partial charge in [0.2, 0.25) is 0 Å². The number of fused-ring (bicyclic) bond motifs is 1. The molecule has 2 saturated carbocycles. The maximum absolute atomic E-state index is 9.94. The monoisotopic (exact) mass is 170 g/mol. The highest BCUT2D eigenvalue weighted by Gasteiger charge is 2.52. The lowest BCUT2D eigenvalue weighted by molar-refractivity contribution is -0.00433. The number of rotatable bonds is 0. The molecule has 4 atom stereocenters. The van der Waals surface area contributed by atoms with E-state index in [-0.39, 0.29) is 23.5 Å². The van der Waals surface area contributed by atoms with E-state index >= 15 is 0 Å². The predicted molar refractivity (Wildman–Crippen MR) is 46.6 cm³/mol. The minimum atomic E-state index is -0.292. The molecule has 0 aliphatic heterocycles. The fraction of sp³-hybridized carbons (Fsp3) is 1.00. The van der Waals surface area contributed by atoms with Gasteiger partial charge in [0.25, 0.3) is 0 Å². The van der Waals surface area contributed by atoms with Crippen molar-refractivity contribution in [2.45, 2.75) is 45.3 Å². The van der Waals surface area contributed by atoms with E-state index in [4.69, 9.17) is 0 Å². The summed E-state index contributed by atoms with van der Waals surface area (Å²) in [6, 6.07) is 0. The molecule has 12 heavy (non-hydrogen) atoms. The second-order valence-corrected chi connectivity index (χ2v) is 5.12. The van der Waals surface area contributed by atoms with Crippen molar-refractivity contribution in [1.29, 1.82) is 0 Å². The Bertz CT molecular complexity index is 188. The van der Waals surface area contributed by atoms with Crippen molar-refractivity contribution in [2.24, 2.45) is 17.3 Å². The second kappa shape index (κ2) is 2.46. The van der Waals surface area contributed by atoms with Crippen molar-refractivity contribution in [3.8, 4) is 0 Å². The molecule has 2 N–H and O–H groups in total. The Morgan fingerprint density at radius 3 is 2.42 bits per heavy atom. The van der Waals surface area contributed by atoms with Gasteiger partial charge in [0.05, 0.1) is 12.2 Å². The Morgan fingerprint density at radius 2 is 1.83 bits per heavy atom. The Morgan fingerprint density at radius 1 is 1.17 bits per heavy atom. The van der Waals surface area contributed by atoms with Crippen LogP contribution in [0.3, 0.4) is 0 Å². The molecule has 70 valence electrons. The van der Waals surface area contributed by atoms with Gasteiger partial charge in [0, 0.05) is 5.92 Å².